The molecule has 0 amide bonds. The van der Waals surface area contributed by atoms with E-state index in [4.69, 9.17) is 0 Å². The van der Waals surface area contributed by atoms with Gasteiger partial charge in [0.05, 0.1) is 32.7 Å². The van der Waals surface area contributed by atoms with Crippen LogP contribution in [0.4, 0.5) is 5.69 Å². The Morgan fingerprint density at radius 2 is 1.60 bits per heavy atom. The lowest BCUT2D eigenvalue weighted by Gasteiger charge is -2.34. The van der Waals surface area contributed by atoms with Gasteiger partial charge in [-0.25, -0.2) is 0 Å². The summed E-state index contributed by atoms with van der Waals surface area (Å²) in [5, 5.41) is 0. The van der Waals surface area contributed by atoms with Gasteiger partial charge < -0.3 is 9.80 Å². The first-order valence-electron chi connectivity index (χ1n) is 8.24. The van der Waals surface area contributed by atoms with Crippen molar-refractivity contribution in [3.63, 3.8) is 0 Å². The quantitative estimate of drug-likeness (QED) is 0.868. The van der Waals surface area contributed by atoms with E-state index < -0.39 is 0 Å². The molecule has 0 aliphatic carbocycles. The Kier molecular flexibility index (Phi) is 5.47. The number of nitrogens with one attached hydrogen (secondary N) is 1. The van der Waals surface area contributed by atoms with Crippen molar-refractivity contribution in [1.82, 2.24) is 0 Å². The standard InChI is InChI=1S/C18H30N2/c1-15(2)9-10-19-11-13-20(14-12-19)18-7-5-17(6-8-18)16(3)4/h5-8,15-16H,9-14H2,1-4H3/p+1. The molecule has 0 unspecified atom stereocenters. The van der Waals surface area contributed by atoms with Gasteiger partial charge in [-0.05, 0) is 36.0 Å². The van der Waals surface area contributed by atoms with Gasteiger partial charge in [0.1, 0.15) is 0 Å². The molecule has 1 saturated heterocycles. The van der Waals surface area contributed by atoms with Crippen LogP contribution in [0.15, 0.2) is 24.3 Å². The molecule has 0 spiro atoms. The van der Waals surface area contributed by atoms with E-state index in [-0.39, 0.29) is 0 Å². The molecule has 2 nitrogen and oxygen atoms in total. The second-order valence-electron chi connectivity index (χ2n) is 6.92. The minimum absolute atomic E-state index is 0.626. The molecule has 0 saturated carbocycles. The normalized spacial score (nSPS) is 17.2. The number of hydrogen-bond donors (Lipinski definition) is 1. The molecule has 0 aromatic heterocycles. The third kappa shape index (κ3) is 4.24. The van der Waals surface area contributed by atoms with Crippen LogP contribution in [0.25, 0.3) is 0 Å². The molecule has 0 atom stereocenters. The second kappa shape index (κ2) is 7.12. The van der Waals surface area contributed by atoms with Crippen LogP contribution in [0, 0.1) is 5.92 Å². The van der Waals surface area contributed by atoms with Crippen molar-refractivity contribution in [1.29, 1.82) is 0 Å². The van der Waals surface area contributed by atoms with E-state index in [1.54, 1.807) is 4.90 Å². The molecule has 0 radical (unpaired) electrons. The van der Waals surface area contributed by atoms with Crippen LogP contribution >= 0.6 is 0 Å². The van der Waals surface area contributed by atoms with Crippen LogP contribution in [0.3, 0.4) is 0 Å². The first-order chi connectivity index (χ1) is 9.56. The maximum absolute atomic E-state index is 2.54. The maximum Gasteiger partial charge on any atom is 0.0949 e. The minimum atomic E-state index is 0.626. The van der Waals surface area contributed by atoms with Gasteiger partial charge in [0.2, 0.25) is 0 Å². The topological polar surface area (TPSA) is 7.68 Å². The number of rotatable bonds is 5. The van der Waals surface area contributed by atoms with Crippen molar-refractivity contribution in [3.8, 4) is 0 Å². The van der Waals surface area contributed by atoms with Crippen molar-refractivity contribution < 1.29 is 4.90 Å². The average Bonchev–Trinajstić information content (AvgIpc) is 2.46. The fraction of sp³-hybridized carbons (Fsp3) is 0.667. The van der Waals surface area contributed by atoms with E-state index in [0.717, 1.165) is 5.92 Å². The van der Waals surface area contributed by atoms with E-state index in [2.05, 4.69) is 56.9 Å². The van der Waals surface area contributed by atoms with Gasteiger partial charge in [0.25, 0.3) is 0 Å². The maximum atomic E-state index is 2.54. The molecule has 1 aliphatic rings. The van der Waals surface area contributed by atoms with Gasteiger partial charge in [0, 0.05) is 5.69 Å². The van der Waals surface area contributed by atoms with E-state index in [1.165, 1.54) is 50.4 Å². The fourth-order valence-corrected chi connectivity index (χ4v) is 2.89. The number of anilines is 1. The largest absolute Gasteiger partial charge is 0.360 e. The predicted octanol–water partition coefficient (Wildman–Crippen LogP) is 2.56. The molecular formula is C18H31N2+. The highest BCUT2D eigenvalue weighted by Gasteiger charge is 2.20. The average molecular weight is 275 g/mol. The van der Waals surface area contributed by atoms with Crippen LogP contribution in [0.2, 0.25) is 0 Å². The second-order valence-corrected chi connectivity index (χ2v) is 6.92. The summed E-state index contributed by atoms with van der Waals surface area (Å²) in [4.78, 5) is 4.33. The lowest BCUT2D eigenvalue weighted by Crippen LogP contribution is -3.14. The van der Waals surface area contributed by atoms with Gasteiger partial charge in [0.15, 0.2) is 0 Å². The van der Waals surface area contributed by atoms with Crippen LogP contribution in [-0.2, 0) is 0 Å². The Bertz CT molecular complexity index is 386. The van der Waals surface area contributed by atoms with E-state index >= 15 is 0 Å². The zero-order chi connectivity index (χ0) is 14.5. The first-order valence-corrected chi connectivity index (χ1v) is 8.24. The molecule has 1 aliphatic heterocycles. The van der Waals surface area contributed by atoms with Crippen LogP contribution in [0.1, 0.15) is 45.6 Å². The molecule has 1 aromatic carbocycles. The summed E-state index contributed by atoms with van der Waals surface area (Å²) >= 11 is 0. The van der Waals surface area contributed by atoms with E-state index in [0.29, 0.717) is 5.92 Å². The minimum Gasteiger partial charge on any atom is -0.360 e. The highest BCUT2D eigenvalue weighted by Crippen LogP contribution is 2.20. The van der Waals surface area contributed by atoms with Gasteiger partial charge in [-0.15, -0.1) is 0 Å². The lowest BCUT2D eigenvalue weighted by atomic mass is 10.0. The summed E-state index contributed by atoms with van der Waals surface area (Å²) in [6, 6.07) is 9.18. The fourth-order valence-electron chi connectivity index (χ4n) is 2.89. The summed E-state index contributed by atoms with van der Waals surface area (Å²) in [5.41, 5.74) is 2.84. The third-order valence-corrected chi connectivity index (χ3v) is 4.47. The molecule has 1 fully saturated rings. The Balaban J connectivity index is 1.84. The van der Waals surface area contributed by atoms with Crippen LogP contribution in [-0.4, -0.2) is 32.7 Å². The molecule has 1 aromatic rings. The predicted molar refractivity (Wildman–Crippen MR) is 87.8 cm³/mol. The van der Waals surface area contributed by atoms with E-state index in [9.17, 15) is 0 Å². The van der Waals surface area contributed by atoms with E-state index in [1.807, 2.05) is 0 Å². The highest BCUT2D eigenvalue weighted by atomic mass is 15.3. The summed E-state index contributed by atoms with van der Waals surface area (Å²) in [6.45, 7) is 15.5. The van der Waals surface area contributed by atoms with Crippen LogP contribution in [0.5, 0.6) is 0 Å². The Labute approximate surface area is 124 Å². The lowest BCUT2D eigenvalue weighted by molar-refractivity contribution is -0.901. The highest BCUT2D eigenvalue weighted by molar-refractivity contribution is 5.48. The monoisotopic (exact) mass is 275 g/mol. The number of benzene rings is 1. The van der Waals surface area contributed by atoms with Gasteiger partial charge >= 0.3 is 0 Å². The van der Waals surface area contributed by atoms with Crippen molar-refractivity contribution in [2.75, 3.05) is 37.6 Å². The Hall–Kier alpha value is -1.02. The zero-order valence-electron chi connectivity index (χ0n) is 13.7. The number of piperazine rings is 1. The molecule has 1 N–H and O–H groups in total. The SMILES string of the molecule is CC(C)CC[NH+]1CCN(c2ccc(C(C)C)cc2)CC1. The number of nitrogens with zero attached hydrogens (tertiary/aromatic N) is 1. The molecule has 2 rings (SSSR count). The summed E-state index contributed by atoms with van der Waals surface area (Å²) in [6.07, 6.45) is 1.36. The zero-order valence-corrected chi connectivity index (χ0v) is 13.7. The van der Waals surface area contributed by atoms with Crippen molar-refractivity contribution >= 4 is 5.69 Å². The third-order valence-electron chi connectivity index (χ3n) is 4.47. The van der Waals surface area contributed by atoms with Gasteiger partial charge in [-0.2, -0.15) is 0 Å². The number of hydrogen-bond acceptors (Lipinski definition) is 1. The van der Waals surface area contributed by atoms with Crippen molar-refractivity contribution in [3.05, 3.63) is 29.8 Å². The summed E-state index contributed by atoms with van der Waals surface area (Å²) < 4.78 is 0. The molecule has 20 heavy (non-hydrogen) atoms. The number of quaternary nitrogens is 1. The molecule has 1 heterocycles. The summed E-state index contributed by atoms with van der Waals surface area (Å²) in [7, 11) is 0. The molecule has 0 bridgehead atoms. The van der Waals surface area contributed by atoms with Gasteiger partial charge in [-0.3, -0.25) is 0 Å². The van der Waals surface area contributed by atoms with Crippen molar-refractivity contribution in [2.45, 2.75) is 40.0 Å². The summed E-state index contributed by atoms with van der Waals surface area (Å²) in [5.74, 6) is 1.46. The molecule has 112 valence electrons. The first kappa shape index (κ1) is 15.4. The van der Waals surface area contributed by atoms with Gasteiger partial charge in [-0.1, -0.05) is 39.8 Å². The molecular weight excluding hydrogens is 244 g/mol. The Morgan fingerprint density at radius 3 is 2.10 bits per heavy atom. The van der Waals surface area contributed by atoms with Crippen molar-refractivity contribution in [2.24, 2.45) is 5.92 Å². The smallest absolute Gasteiger partial charge is 0.0949 e. The molecule has 2 heteroatoms. The van der Waals surface area contributed by atoms with Crippen LogP contribution < -0.4 is 9.80 Å². The Morgan fingerprint density at radius 1 is 1.00 bits per heavy atom.